The van der Waals surface area contributed by atoms with Gasteiger partial charge in [-0.1, -0.05) is 18.5 Å². The monoisotopic (exact) mass is 560 g/mol. The van der Waals surface area contributed by atoms with Gasteiger partial charge in [-0.15, -0.1) is 0 Å². The molecule has 2 fully saturated rings. The van der Waals surface area contributed by atoms with Gasteiger partial charge < -0.3 is 10.1 Å². The van der Waals surface area contributed by atoms with Gasteiger partial charge in [0.05, 0.1) is 17.2 Å². The number of likely N-dealkylation sites (tertiary alicyclic amines) is 1. The van der Waals surface area contributed by atoms with Crippen LogP contribution < -0.4 is 15.6 Å². The number of carbonyl (C=O) groups is 1. The van der Waals surface area contributed by atoms with E-state index in [1.165, 1.54) is 16.8 Å². The van der Waals surface area contributed by atoms with Crippen molar-refractivity contribution in [3.8, 4) is 5.75 Å². The van der Waals surface area contributed by atoms with E-state index in [1.54, 1.807) is 6.07 Å². The molecule has 3 aliphatic rings. The van der Waals surface area contributed by atoms with Crippen molar-refractivity contribution in [2.24, 2.45) is 5.92 Å². The average Bonchev–Trinajstić information content (AvgIpc) is 3.13. The summed E-state index contributed by atoms with van der Waals surface area (Å²) in [6.45, 7) is 4.18. The Kier molecular flexibility index (Phi) is 6.38. The van der Waals surface area contributed by atoms with E-state index in [0.717, 1.165) is 24.1 Å². The highest BCUT2D eigenvalue weighted by Crippen LogP contribution is 2.46. The topological polar surface area (TPSA) is 76.5 Å². The van der Waals surface area contributed by atoms with Crippen LogP contribution in [0.4, 0.5) is 18.9 Å². The van der Waals surface area contributed by atoms with E-state index in [9.17, 15) is 22.8 Å². The molecule has 0 bridgehead atoms. The lowest BCUT2D eigenvalue weighted by molar-refractivity contribution is -0.136. The molecule has 2 aromatic heterocycles. The summed E-state index contributed by atoms with van der Waals surface area (Å²) in [5.41, 5.74) is -0.497. The molecule has 0 unspecified atom stereocenters. The summed E-state index contributed by atoms with van der Waals surface area (Å²) in [7, 11) is 0. The molecule has 1 saturated heterocycles. The number of benzene rings is 1. The van der Waals surface area contributed by atoms with Gasteiger partial charge in [0.1, 0.15) is 18.0 Å². The van der Waals surface area contributed by atoms with Gasteiger partial charge in [-0.3, -0.25) is 19.1 Å². The van der Waals surface area contributed by atoms with Gasteiger partial charge in [0.25, 0.3) is 5.56 Å². The molecule has 7 nitrogen and oxygen atoms in total. The van der Waals surface area contributed by atoms with Crippen molar-refractivity contribution in [1.29, 1.82) is 0 Å². The third-order valence-electron chi connectivity index (χ3n) is 8.45. The quantitative estimate of drug-likeness (QED) is 0.452. The van der Waals surface area contributed by atoms with Crippen molar-refractivity contribution in [3.63, 3.8) is 0 Å². The summed E-state index contributed by atoms with van der Waals surface area (Å²) < 4.78 is 48.7. The van der Waals surface area contributed by atoms with E-state index in [1.807, 2.05) is 19.1 Å². The van der Waals surface area contributed by atoms with Crippen LogP contribution in [0.25, 0.3) is 11.0 Å². The van der Waals surface area contributed by atoms with E-state index in [-0.39, 0.29) is 35.3 Å². The van der Waals surface area contributed by atoms with E-state index in [0.29, 0.717) is 49.5 Å². The molecule has 1 amide bonds. The molecule has 1 saturated carbocycles. The molecule has 1 spiro atoms. The number of pyridine rings is 2. The average molecular weight is 561 g/mol. The maximum Gasteiger partial charge on any atom is 0.417 e. The second-order valence-corrected chi connectivity index (χ2v) is 11.4. The molecule has 1 aliphatic carbocycles. The molecular formula is C28H28ClF3N4O3. The van der Waals surface area contributed by atoms with Gasteiger partial charge in [-0.2, -0.15) is 13.2 Å². The van der Waals surface area contributed by atoms with Crippen LogP contribution in [-0.4, -0.2) is 46.6 Å². The highest BCUT2D eigenvalue weighted by Gasteiger charge is 2.48. The first kappa shape index (κ1) is 26.1. The summed E-state index contributed by atoms with van der Waals surface area (Å²) in [5, 5.41) is 3.43. The molecular weight excluding hydrogens is 533 g/mol. The Hall–Kier alpha value is -3.11. The fourth-order valence-electron chi connectivity index (χ4n) is 6.27. The number of anilines is 1. The van der Waals surface area contributed by atoms with Gasteiger partial charge in [0.2, 0.25) is 5.91 Å². The van der Waals surface area contributed by atoms with Crippen molar-refractivity contribution >= 4 is 34.2 Å². The number of hydrogen-bond acceptors (Lipinski definition) is 5. The SMILES string of the molecule is CC1CC(n2c(=O)cc(C(F)(F)F)c3cc(OCCN4CCC5(CC4)C(=O)Nc4ccc(Cl)cc45)cnc32)C1. The Bertz CT molecular complexity index is 1510. The second kappa shape index (κ2) is 9.52. The number of halogens is 4. The highest BCUT2D eigenvalue weighted by molar-refractivity contribution is 6.31. The molecule has 11 heteroatoms. The summed E-state index contributed by atoms with van der Waals surface area (Å²) in [4.78, 5) is 31.9. The van der Waals surface area contributed by atoms with Crippen LogP contribution in [0.15, 0.2) is 41.3 Å². The fourth-order valence-corrected chi connectivity index (χ4v) is 6.45. The molecule has 0 radical (unpaired) electrons. The number of carbonyl (C=O) groups excluding carboxylic acids is 1. The number of hydrogen-bond donors (Lipinski definition) is 1. The molecule has 39 heavy (non-hydrogen) atoms. The number of rotatable bonds is 5. The first-order valence-electron chi connectivity index (χ1n) is 13.1. The van der Waals surface area contributed by atoms with Gasteiger partial charge in [-0.25, -0.2) is 4.98 Å². The fraction of sp³-hybridized carbons (Fsp3) is 0.464. The standard InChI is InChI=1S/C28H28ClF3N4O3/c1-16-10-18(11-16)36-24(37)14-21(28(30,31)32)20-13-19(15-33-25(20)36)39-9-8-35-6-4-27(5-7-35)22-12-17(29)2-3-23(22)34-26(27)38/h2-3,12-16,18H,4-11H2,1H3,(H,34,38). The highest BCUT2D eigenvalue weighted by atomic mass is 35.5. The summed E-state index contributed by atoms with van der Waals surface area (Å²) >= 11 is 6.20. The minimum absolute atomic E-state index is 0.00629. The van der Waals surface area contributed by atoms with Gasteiger partial charge in [-0.05, 0) is 74.5 Å². The lowest BCUT2D eigenvalue weighted by atomic mass is 9.73. The van der Waals surface area contributed by atoms with Crippen molar-refractivity contribution in [1.82, 2.24) is 14.5 Å². The molecule has 2 aliphatic heterocycles. The minimum atomic E-state index is -4.69. The van der Waals surface area contributed by atoms with Crippen molar-refractivity contribution in [3.05, 3.63) is 63.0 Å². The third kappa shape index (κ3) is 4.57. The second-order valence-electron chi connectivity index (χ2n) is 11.0. The maximum atomic E-state index is 13.8. The molecule has 1 N–H and O–H groups in total. The van der Waals surface area contributed by atoms with Crippen LogP contribution in [0.2, 0.25) is 5.02 Å². The first-order valence-corrected chi connectivity index (χ1v) is 13.5. The normalized spacial score (nSPS) is 22.5. The van der Waals surface area contributed by atoms with Gasteiger partial charge in [0, 0.05) is 34.7 Å². The lowest BCUT2D eigenvalue weighted by Gasteiger charge is -2.38. The third-order valence-corrected chi connectivity index (χ3v) is 8.69. The van der Waals surface area contributed by atoms with E-state index in [2.05, 4.69) is 15.2 Å². The molecule has 6 rings (SSSR count). The zero-order chi connectivity index (χ0) is 27.5. The van der Waals surface area contributed by atoms with Crippen molar-refractivity contribution in [2.45, 2.75) is 50.2 Å². The van der Waals surface area contributed by atoms with Gasteiger partial charge >= 0.3 is 6.18 Å². The summed E-state index contributed by atoms with van der Waals surface area (Å²) in [5.74, 6) is 0.628. The zero-order valence-electron chi connectivity index (χ0n) is 21.4. The molecule has 206 valence electrons. The number of alkyl halides is 3. The Labute approximate surface area is 227 Å². The maximum absolute atomic E-state index is 13.8. The van der Waals surface area contributed by atoms with Crippen molar-refractivity contribution < 1.29 is 22.7 Å². The van der Waals surface area contributed by atoms with Crippen LogP contribution in [0.3, 0.4) is 0 Å². The van der Waals surface area contributed by atoms with E-state index in [4.69, 9.17) is 16.3 Å². The van der Waals surface area contributed by atoms with Crippen LogP contribution in [0.5, 0.6) is 5.75 Å². The van der Waals surface area contributed by atoms with Gasteiger partial charge in [0.15, 0.2) is 0 Å². The number of nitrogens with one attached hydrogen (secondary N) is 1. The Balaban J connectivity index is 1.15. The lowest BCUT2D eigenvalue weighted by Crippen LogP contribution is -2.47. The van der Waals surface area contributed by atoms with Crippen LogP contribution in [-0.2, 0) is 16.4 Å². The Morgan fingerprint density at radius 3 is 2.59 bits per heavy atom. The Morgan fingerprint density at radius 1 is 1.15 bits per heavy atom. The number of nitrogens with zero attached hydrogens (tertiary/aromatic N) is 3. The molecule has 0 atom stereocenters. The number of fused-ring (bicyclic) bond motifs is 3. The van der Waals surface area contributed by atoms with Crippen LogP contribution in [0.1, 0.15) is 49.8 Å². The van der Waals surface area contributed by atoms with Crippen molar-refractivity contribution in [2.75, 3.05) is 31.6 Å². The zero-order valence-corrected chi connectivity index (χ0v) is 22.1. The molecule has 3 aromatic rings. The van der Waals surface area contributed by atoms with Crippen LogP contribution >= 0.6 is 11.6 Å². The first-order chi connectivity index (χ1) is 18.5. The number of ether oxygens (including phenoxy) is 1. The number of aromatic nitrogens is 2. The predicted molar refractivity (Wildman–Crippen MR) is 141 cm³/mol. The largest absolute Gasteiger partial charge is 0.491 e. The van der Waals surface area contributed by atoms with E-state index >= 15 is 0 Å². The molecule has 1 aromatic carbocycles. The summed E-state index contributed by atoms with van der Waals surface area (Å²) in [6, 6.07) is 7.31. The predicted octanol–water partition coefficient (Wildman–Crippen LogP) is 5.40. The minimum Gasteiger partial charge on any atom is -0.491 e. The van der Waals surface area contributed by atoms with E-state index < -0.39 is 22.7 Å². The van der Waals surface area contributed by atoms with Crippen LogP contribution in [0, 0.1) is 5.92 Å². The smallest absolute Gasteiger partial charge is 0.417 e. The summed E-state index contributed by atoms with van der Waals surface area (Å²) in [6.07, 6.45) is -0.570. The number of amides is 1. The Morgan fingerprint density at radius 2 is 1.90 bits per heavy atom. The molecule has 4 heterocycles. The number of piperidine rings is 1.